The highest BCUT2D eigenvalue weighted by Crippen LogP contribution is 2.18. The molecule has 3 aromatic rings. The molecular weight excluding hydrogens is 370 g/mol. The normalized spacial score (nSPS) is 11.0. The molecule has 1 heterocycles. The molecule has 0 bridgehead atoms. The van der Waals surface area contributed by atoms with Crippen molar-refractivity contribution < 1.29 is 4.79 Å². The lowest BCUT2D eigenvalue weighted by molar-refractivity contribution is 0.102. The van der Waals surface area contributed by atoms with E-state index in [-0.39, 0.29) is 23.2 Å². The number of anilines is 1. The predicted octanol–water partition coefficient (Wildman–Crippen LogP) is 3.99. The van der Waals surface area contributed by atoms with Gasteiger partial charge in [0.1, 0.15) is 0 Å². The van der Waals surface area contributed by atoms with Crippen molar-refractivity contribution in [3.8, 4) is 0 Å². The fraction of sp³-hybridized carbons (Fsp3) is 0.167. The highest BCUT2D eigenvalue weighted by Gasteiger charge is 2.17. The van der Waals surface area contributed by atoms with Crippen molar-refractivity contribution in [2.24, 2.45) is 0 Å². The monoisotopic (exact) mass is 385 g/mol. The molecule has 0 aliphatic heterocycles. The summed E-state index contributed by atoms with van der Waals surface area (Å²) < 4.78 is 2.27. The quantitative estimate of drug-likeness (QED) is 0.740. The number of benzene rings is 2. The van der Waals surface area contributed by atoms with Crippen molar-refractivity contribution in [1.29, 1.82) is 0 Å². The Balaban J connectivity index is 2.10. The summed E-state index contributed by atoms with van der Waals surface area (Å²) in [6.45, 7) is 3.72. The fourth-order valence-electron chi connectivity index (χ4n) is 2.45. The first-order valence-electron chi connectivity index (χ1n) is 7.56. The number of carbonyl (C=O) groups is 1. The highest BCUT2D eigenvalue weighted by atomic mass is 79.9. The molecule has 1 aromatic heterocycles. The maximum Gasteiger partial charge on any atom is 0.276 e. The van der Waals surface area contributed by atoms with Crippen molar-refractivity contribution in [2.45, 2.75) is 19.9 Å². The van der Waals surface area contributed by atoms with Crippen molar-refractivity contribution in [3.63, 3.8) is 0 Å². The van der Waals surface area contributed by atoms with Crippen LogP contribution in [0.5, 0.6) is 0 Å². The Bertz CT molecular complexity index is 962. The molecule has 0 radical (unpaired) electrons. The Morgan fingerprint density at radius 2 is 1.71 bits per heavy atom. The van der Waals surface area contributed by atoms with Crippen LogP contribution >= 0.6 is 15.9 Å². The molecule has 1 amide bonds. The van der Waals surface area contributed by atoms with Crippen LogP contribution in [0.4, 0.5) is 5.69 Å². The first-order chi connectivity index (χ1) is 11.5. The first kappa shape index (κ1) is 16.4. The molecule has 0 unspecified atom stereocenters. The van der Waals surface area contributed by atoms with Crippen LogP contribution in [-0.4, -0.2) is 15.7 Å². The summed E-state index contributed by atoms with van der Waals surface area (Å²) in [6, 6.07) is 14.2. The minimum absolute atomic E-state index is 0.138. The van der Waals surface area contributed by atoms with Crippen molar-refractivity contribution in [1.82, 2.24) is 9.78 Å². The Labute approximate surface area is 147 Å². The average molecular weight is 386 g/mol. The number of hydrogen-bond acceptors (Lipinski definition) is 3. The van der Waals surface area contributed by atoms with Crippen molar-refractivity contribution in [3.05, 3.63) is 69.1 Å². The minimum atomic E-state index is -0.345. The van der Waals surface area contributed by atoms with Gasteiger partial charge < -0.3 is 5.32 Å². The summed E-state index contributed by atoms with van der Waals surface area (Å²) in [5.41, 5.74) is 0.707. The van der Waals surface area contributed by atoms with Crippen LogP contribution in [0.1, 0.15) is 30.4 Å². The van der Waals surface area contributed by atoms with E-state index >= 15 is 0 Å². The molecule has 5 nitrogen and oxygen atoms in total. The van der Waals surface area contributed by atoms with E-state index in [0.29, 0.717) is 16.5 Å². The SMILES string of the molecule is CC(C)n1nc(C(=O)Nc2ccc(Br)cc2)c2ccccc2c1=O. The van der Waals surface area contributed by atoms with E-state index in [2.05, 4.69) is 26.3 Å². The summed E-state index contributed by atoms with van der Waals surface area (Å²) in [5, 5.41) is 8.16. The van der Waals surface area contributed by atoms with E-state index in [1.54, 1.807) is 36.4 Å². The molecule has 0 aliphatic rings. The number of nitrogens with zero attached hydrogens (tertiary/aromatic N) is 2. The number of hydrogen-bond donors (Lipinski definition) is 1. The lowest BCUT2D eigenvalue weighted by atomic mass is 10.1. The molecular formula is C18H16BrN3O2. The Hall–Kier alpha value is -2.47. The molecule has 1 N–H and O–H groups in total. The van der Waals surface area contributed by atoms with Crippen LogP contribution in [0.15, 0.2) is 57.8 Å². The minimum Gasteiger partial charge on any atom is -0.321 e. The van der Waals surface area contributed by atoms with Crippen LogP contribution in [0.2, 0.25) is 0 Å². The van der Waals surface area contributed by atoms with Gasteiger partial charge in [0.05, 0.1) is 11.4 Å². The number of rotatable bonds is 3. The summed E-state index contributed by atoms with van der Waals surface area (Å²) in [6.07, 6.45) is 0. The Morgan fingerprint density at radius 1 is 1.08 bits per heavy atom. The molecule has 3 rings (SSSR count). The predicted molar refractivity (Wildman–Crippen MR) is 98.5 cm³/mol. The van der Waals surface area contributed by atoms with E-state index in [0.717, 1.165) is 4.47 Å². The maximum absolute atomic E-state index is 12.7. The molecule has 2 aromatic carbocycles. The number of halogens is 1. The van der Waals surface area contributed by atoms with Gasteiger partial charge in [0.2, 0.25) is 0 Å². The molecule has 0 fully saturated rings. The molecule has 0 saturated heterocycles. The summed E-state index contributed by atoms with van der Waals surface area (Å²) in [7, 11) is 0. The number of amides is 1. The molecule has 6 heteroatoms. The standard InChI is InChI=1S/C18H16BrN3O2/c1-11(2)22-18(24)15-6-4-3-5-14(15)16(21-22)17(23)20-13-9-7-12(19)8-10-13/h3-11H,1-2H3,(H,20,23). The third-order valence-corrected chi connectivity index (χ3v) is 4.16. The summed E-state index contributed by atoms with van der Waals surface area (Å²) >= 11 is 3.36. The number of nitrogens with one attached hydrogen (secondary N) is 1. The van der Waals surface area contributed by atoms with E-state index in [9.17, 15) is 9.59 Å². The van der Waals surface area contributed by atoms with Crippen LogP contribution in [-0.2, 0) is 0 Å². The van der Waals surface area contributed by atoms with Gasteiger partial charge >= 0.3 is 0 Å². The van der Waals surface area contributed by atoms with Crippen molar-refractivity contribution >= 4 is 38.3 Å². The highest BCUT2D eigenvalue weighted by molar-refractivity contribution is 9.10. The largest absolute Gasteiger partial charge is 0.321 e. The number of carbonyl (C=O) groups excluding carboxylic acids is 1. The van der Waals surface area contributed by atoms with Crippen LogP contribution in [0.25, 0.3) is 10.8 Å². The van der Waals surface area contributed by atoms with Crippen molar-refractivity contribution in [2.75, 3.05) is 5.32 Å². The topological polar surface area (TPSA) is 64.0 Å². The van der Waals surface area contributed by atoms with E-state index in [1.165, 1.54) is 4.68 Å². The lowest BCUT2D eigenvalue weighted by Crippen LogP contribution is -2.28. The van der Waals surface area contributed by atoms with Crippen LogP contribution < -0.4 is 10.9 Å². The zero-order valence-corrected chi connectivity index (χ0v) is 14.9. The van der Waals surface area contributed by atoms with Gasteiger partial charge in [-0.1, -0.05) is 34.1 Å². The molecule has 122 valence electrons. The number of aromatic nitrogens is 2. The Kier molecular flexibility index (Phi) is 4.49. The fourth-order valence-corrected chi connectivity index (χ4v) is 2.71. The van der Waals surface area contributed by atoms with Gasteiger partial charge in [-0.25, -0.2) is 4.68 Å². The second kappa shape index (κ2) is 6.57. The Morgan fingerprint density at radius 3 is 2.33 bits per heavy atom. The smallest absolute Gasteiger partial charge is 0.276 e. The molecule has 0 atom stereocenters. The zero-order valence-electron chi connectivity index (χ0n) is 13.3. The summed E-state index contributed by atoms with van der Waals surface area (Å²) in [5.74, 6) is -0.345. The maximum atomic E-state index is 12.7. The molecule has 0 spiro atoms. The van der Waals surface area contributed by atoms with Gasteiger partial charge in [-0.05, 0) is 44.2 Å². The first-order valence-corrected chi connectivity index (χ1v) is 8.35. The number of fused-ring (bicyclic) bond motifs is 1. The lowest BCUT2D eigenvalue weighted by Gasteiger charge is -2.13. The third-order valence-electron chi connectivity index (χ3n) is 3.63. The van der Waals surface area contributed by atoms with Gasteiger partial charge in [-0.3, -0.25) is 9.59 Å². The molecule has 24 heavy (non-hydrogen) atoms. The van der Waals surface area contributed by atoms with Crippen LogP contribution in [0, 0.1) is 0 Å². The average Bonchev–Trinajstić information content (AvgIpc) is 2.57. The van der Waals surface area contributed by atoms with E-state index in [1.807, 2.05) is 26.0 Å². The van der Waals surface area contributed by atoms with Gasteiger partial charge in [-0.2, -0.15) is 5.10 Å². The van der Waals surface area contributed by atoms with Gasteiger partial charge in [0, 0.05) is 15.5 Å². The molecule has 0 saturated carbocycles. The third kappa shape index (κ3) is 3.10. The van der Waals surface area contributed by atoms with E-state index in [4.69, 9.17) is 0 Å². The van der Waals surface area contributed by atoms with Gasteiger partial charge in [0.25, 0.3) is 11.5 Å². The van der Waals surface area contributed by atoms with Gasteiger partial charge in [0.15, 0.2) is 5.69 Å². The van der Waals surface area contributed by atoms with Crippen LogP contribution in [0.3, 0.4) is 0 Å². The van der Waals surface area contributed by atoms with Gasteiger partial charge in [-0.15, -0.1) is 0 Å². The second-order valence-electron chi connectivity index (χ2n) is 5.70. The zero-order chi connectivity index (χ0) is 17.3. The summed E-state index contributed by atoms with van der Waals surface area (Å²) in [4.78, 5) is 25.2. The second-order valence-corrected chi connectivity index (χ2v) is 6.61. The molecule has 0 aliphatic carbocycles. The van der Waals surface area contributed by atoms with E-state index < -0.39 is 0 Å².